The molecule has 0 aliphatic rings. The zero-order chi connectivity index (χ0) is 11.4. The lowest BCUT2D eigenvalue weighted by Gasteiger charge is -2.05. The molecule has 0 saturated carbocycles. The maximum absolute atomic E-state index is 12.3. The van der Waals surface area contributed by atoms with E-state index in [1.807, 2.05) is 6.92 Å². The van der Waals surface area contributed by atoms with Gasteiger partial charge >= 0.3 is 0 Å². The van der Waals surface area contributed by atoms with Gasteiger partial charge in [0.1, 0.15) is 12.5 Å². The number of rotatable bonds is 5. The summed E-state index contributed by atoms with van der Waals surface area (Å²) in [6, 6.07) is -0.421. The number of aromatic nitrogens is 2. The molecule has 0 radical (unpaired) electrons. The predicted molar refractivity (Wildman–Crippen MR) is 70.0 cm³/mol. The molecule has 0 saturated heterocycles. The smallest absolute Gasteiger partial charge is 0.109 e. The molecule has 3 N–H and O–H groups in total. The van der Waals surface area contributed by atoms with E-state index in [0.717, 1.165) is 23.6 Å². The van der Waals surface area contributed by atoms with Crippen LogP contribution in [0.25, 0.3) is 0 Å². The maximum atomic E-state index is 12.3. The lowest BCUT2D eigenvalue weighted by atomic mass is 10.1. The van der Waals surface area contributed by atoms with Crippen LogP contribution in [-0.4, -0.2) is 22.7 Å². The maximum Gasteiger partial charge on any atom is 0.109 e. The third-order valence-electron chi connectivity index (χ3n) is 2.43. The van der Waals surface area contributed by atoms with Gasteiger partial charge in [-0.2, -0.15) is 0 Å². The van der Waals surface area contributed by atoms with Crippen molar-refractivity contribution in [3.63, 3.8) is 0 Å². The third-order valence-corrected chi connectivity index (χ3v) is 2.43. The Morgan fingerprint density at radius 2 is 2.06 bits per heavy atom. The van der Waals surface area contributed by atoms with Gasteiger partial charge in [0.2, 0.25) is 0 Å². The fourth-order valence-corrected chi connectivity index (χ4v) is 1.52. The molecule has 0 spiro atoms. The molecule has 1 rings (SSSR count). The van der Waals surface area contributed by atoms with Crippen molar-refractivity contribution in [1.82, 2.24) is 9.97 Å². The fraction of sp³-hybridized carbons (Fsp3) is 0.727. The quantitative estimate of drug-likeness (QED) is 0.876. The predicted octanol–water partition coefficient (Wildman–Crippen LogP) is 2.51. The molecule has 0 fully saturated rings. The first-order valence-corrected chi connectivity index (χ1v) is 5.47. The van der Waals surface area contributed by atoms with Gasteiger partial charge in [0.15, 0.2) is 0 Å². The molecular weight excluding hydrogens is 273 g/mol. The van der Waals surface area contributed by atoms with E-state index in [4.69, 9.17) is 5.73 Å². The van der Waals surface area contributed by atoms with E-state index in [1.54, 1.807) is 0 Å². The average molecular weight is 294 g/mol. The minimum Gasteiger partial charge on any atom is -0.345 e. The van der Waals surface area contributed by atoms with Crippen LogP contribution in [0.4, 0.5) is 4.39 Å². The molecule has 0 aliphatic carbocycles. The number of aromatic amines is 1. The van der Waals surface area contributed by atoms with Gasteiger partial charge in [0.05, 0.1) is 5.69 Å². The van der Waals surface area contributed by atoms with Crippen LogP contribution in [0.2, 0.25) is 0 Å². The van der Waals surface area contributed by atoms with Gasteiger partial charge in [-0.05, 0) is 6.42 Å². The van der Waals surface area contributed by atoms with Gasteiger partial charge in [-0.25, -0.2) is 9.37 Å². The van der Waals surface area contributed by atoms with Crippen molar-refractivity contribution in [2.24, 2.45) is 5.73 Å². The fourth-order valence-electron chi connectivity index (χ4n) is 1.52. The largest absolute Gasteiger partial charge is 0.345 e. The summed E-state index contributed by atoms with van der Waals surface area (Å²) in [4.78, 5) is 7.72. The Morgan fingerprint density at radius 3 is 2.50 bits per heavy atom. The van der Waals surface area contributed by atoms with Crippen LogP contribution in [0.15, 0.2) is 0 Å². The summed E-state index contributed by atoms with van der Waals surface area (Å²) in [5.74, 6) is 1.33. The van der Waals surface area contributed by atoms with Crippen molar-refractivity contribution >= 4 is 17.0 Å². The van der Waals surface area contributed by atoms with E-state index in [0.29, 0.717) is 12.3 Å². The summed E-state index contributed by atoms with van der Waals surface area (Å²) in [7, 11) is 0. The highest BCUT2D eigenvalue weighted by Crippen LogP contribution is 2.15. The molecule has 1 aromatic heterocycles. The highest BCUT2D eigenvalue weighted by Gasteiger charge is 2.13. The zero-order valence-corrected chi connectivity index (χ0v) is 11.8. The molecule has 0 amide bonds. The minimum atomic E-state index is -0.487. The van der Waals surface area contributed by atoms with E-state index in [-0.39, 0.29) is 17.0 Å². The molecule has 1 aromatic rings. The van der Waals surface area contributed by atoms with Gasteiger partial charge in [-0.1, -0.05) is 20.8 Å². The standard InChI is InChI=1S/C11H20FN3.BrH/c1-4-9-10(5-8(13)6-12)15-11(14-9)7(2)3;/h7-8H,4-6,13H2,1-3H3,(H,14,15);1H. The Morgan fingerprint density at radius 1 is 1.44 bits per heavy atom. The molecule has 1 atom stereocenters. The van der Waals surface area contributed by atoms with E-state index < -0.39 is 12.7 Å². The number of nitrogens with zero attached hydrogens (tertiary/aromatic N) is 1. The molecule has 0 bridgehead atoms. The Kier molecular flexibility index (Phi) is 6.83. The van der Waals surface area contributed by atoms with E-state index in [1.165, 1.54) is 0 Å². The number of halogens is 2. The molecule has 1 unspecified atom stereocenters. The normalized spacial score (nSPS) is 12.6. The number of nitrogens with two attached hydrogens (primary N) is 1. The number of alkyl halides is 1. The first-order valence-electron chi connectivity index (χ1n) is 5.47. The Balaban J connectivity index is 0.00000225. The molecule has 94 valence electrons. The van der Waals surface area contributed by atoms with Crippen molar-refractivity contribution in [3.05, 3.63) is 17.2 Å². The Hall–Kier alpha value is -0.420. The van der Waals surface area contributed by atoms with Crippen LogP contribution in [0, 0.1) is 0 Å². The molecule has 16 heavy (non-hydrogen) atoms. The first-order chi connectivity index (χ1) is 7.08. The molecular formula is C11H21BrFN3. The first kappa shape index (κ1) is 15.6. The van der Waals surface area contributed by atoms with Crippen LogP contribution in [0.1, 0.15) is 43.9 Å². The summed E-state index contributed by atoms with van der Waals surface area (Å²) in [5, 5.41) is 0. The molecule has 0 aromatic carbocycles. The van der Waals surface area contributed by atoms with Crippen LogP contribution in [0.5, 0.6) is 0 Å². The summed E-state index contributed by atoms with van der Waals surface area (Å²) in [5.41, 5.74) is 7.60. The topological polar surface area (TPSA) is 54.7 Å². The summed E-state index contributed by atoms with van der Waals surface area (Å²) >= 11 is 0. The number of hydrogen-bond acceptors (Lipinski definition) is 2. The highest BCUT2D eigenvalue weighted by molar-refractivity contribution is 8.93. The minimum absolute atomic E-state index is 0. The van der Waals surface area contributed by atoms with E-state index in [9.17, 15) is 4.39 Å². The number of aryl methyl sites for hydroxylation is 1. The molecule has 1 heterocycles. The number of nitrogens with one attached hydrogen (secondary N) is 1. The van der Waals surface area contributed by atoms with Crippen molar-refractivity contribution in [1.29, 1.82) is 0 Å². The van der Waals surface area contributed by atoms with Gasteiger partial charge < -0.3 is 10.7 Å². The Bertz CT molecular complexity index is 312. The second-order valence-corrected chi connectivity index (χ2v) is 4.17. The molecule has 5 heteroatoms. The number of imidazole rings is 1. The van der Waals surface area contributed by atoms with Gasteiger partial charge in [0.25, 0.3) is 0 Å². The molecule has 0 aliphatic heterocycles. The highest BCUT2D eigenvalue weighted by atomic mass is 79.9. The summed E-state index contributed by atoms with van der Waals surface area (Å²) < 4.78 is 12.3. The van der Waals surface area contributed by atoms with E-state index in [2.05, 4.69) is 23.8 Å². The third kappa shape index (κ3) is 3.87. The van der Waals surface area contributed by atoms with Crippen molar-refractivity contribution in [2.45, 2.75) is 45.6 Å². The van der Waals surface area contributed by atoms with Crippen LogP contribution < -0.4 is 5.73 Å². The number of hydrogen-bond donors (Lipinski definition) is 2. The Labute approximate surface area is 107 Å². The average Bonchev–Trinajstić information content (AvgIpc) is 2.61. The second kappa shape index (κ2) is 7.01. The lowest BCUT2D eigenvalue weighted by molar-refractivity contribution is 0.424. The number of H-pyrrole nitrogens is 1. The lowest BCUT2D eigenvalue weighted by Crippen LogP contribution is -2.25. The van der Waals surface area contributed by atoms with Crippen molar-refractivity contribution < 1.29 is 4.39 Å². The van der Waals surface area contributed by atoms with Crippen molar-refractivity contribution in [2.75, 3.05) is 6.67 Å². The van der Waals surface area contributed by atoms with Gasteiger partial charge in [0, 0.05) is 24.1 Å². The van der Waals surface area contributed by atoms with E-state index >= 15 is 0 Å². The van der Waals surface area contributed by atoms with Crippen LogP contribution in [-0.2, 0) is 12.8 Å². The SMILES string of the molecule is Br.CCc1nc(C(C)C)[nH]c1CC(N)CF. The van der Waals surface area contributed by atoms with Gasteiger partial charge in [-0.15, -0.1) is 17.0 Å². The van der Waals surface area contributed by atoms with Gasteiger partial charge in [-0.3, -0.25) is 0 Å². The summed E-state index contributed by atoms with van der Waals surface area (Å²) in [6.07, 6.45) is 1.40. The second-order valence-electron chi connectivity index (χ2n) is 4.17. The van der Waals surface area contributed by atoms with Crippen LogP contribution >= 0.6 is 17.0 Å². The summed E-state index contributed by atoms with van der Waals surface area (Å²) in [6.45, 7) is 5.72. The molecule has 3 nitrogen and oxygen atoms in total. The van der Waals surface area contributed by atoms with Crippen LogP contribution in [0.3, 0.4) is 0 Å². The monoisotopic (exact) mass is 293 g/mol. The van der Waals surface area contributed by atoms with Crippen molar-refractivity contribution in [3.8, 4) is 0 Å². The zero-order valence-electron chi connectivity index (χ0n) is 10.1.